The lowest BCUT2D eigenvalue weighted by Crippen LogP contribution is -2.50. The van der Waals surface area contributed by atoms with E-state index in [-0.39, 0.29) is 18.1 Å². The van der Waals surface area contributed by atoms with Gasteiger partial charge in [0.05, 0.1) is 26.2 Å². The number of likely N-dealkylation sites (N-methyl/N-ethyl adjacent to an activating group) is 1. The van der Waals surface area contributed by atoms with E-state index in [4.69, 9.17) is 21.1 Å². The van der Waals surface area contributed by atoms with Gasteiger partial charge < -0.3 is 19.7 Å². The molecule has 0 bridgehead atoms. The van der Waals surface area contributed by atoms with Crippen LogP contribution < -0.4 is 19.1 Å². The maximum atomic E-state index is 13.4. The standard InChI is InChI=1S/C22H28ClN3O6S/c1-15(22(28)24-2)25(13-16-7-6-8-17(23)11-16)21(27)14-26(33(5,29)30)18-9-10-19(31-3)20(12-18)32-4/h6-12,15H,13-14H2,1-5H3,(H,24,28). The van der Waals surface area contributed by atoms with Crippen molar-refractivity contribution in [2.24, 2.45) is 0 Å². The number of carbonyl (C=O) groups excluding carboxylic acids is 2. The second kappa shape index (κ2) is 11.2. The van der Waals surface area contributed by atoms with Gasteiger partial charge >= 0.3 is 0 Å². The Balaban J connectivity index is 2.43. The minimum atomic E-state index is -3.85. The molecule has 0 radical (unpaired) electrons. The predicted octanol–water partition coefficient (Wildman–Crippen LogP) is 2.29. The number of sulfonamides is 1. The lowest BCUT2D eigenvalue weighted by molar-refractivity contribution is -0.139. The zero-order valence-corrected chi connectivity index (χ0v) is 20.7. The summed E-state index contributed by atoms with van der Waals surface area (Å²) in [6.07, 6.45) is 1.00. The number of carbonyl (C=O) groups is 2. The Kier molecular flexibility index (Phi) is 8.95. The normalized spacial score (nSPS) is 11.9. The average molecular weight is 498 g/mol. The maximum absolute atomic E-state index is 13.4. The molecule has 1 unspecified atom stereocenters. The fraction of sp³-hybridized carbons (Fsp3) is 0.364. The zero-order valence-electron chi connectivity index (χ0n) is 19.2. The van der Waals surface area contributed by atoms with Crippen molar-refractivity contribution in [1.29, 1.82) is 0 Å². The molecule has 2 aromatic rings. The van der Waals surface area contributed by atoms with Crippen LogP contribution in [0.15, 0.2) is 42.5 Å². The molecule has 9 nitrogen and oxygen atoms in total. The predicted molar refractivity (Wildman–Crippen MR) is 127 cm³/mol. The molecule has 2 rings (SSSR count). The highest BCUT2D eigenvalue weighted by Gasteiger charge is 2.30. The van der Waals surface area contributed by atoms with Gasteiger partial charge in [-0.3, -0.25) is 13.9 Å². The molecule has 0 aliphatic heterocycles. The van der Waals surface area contributed by atoms with Crippen molar-refractivity contribution in [3.63, 3.8) is 0 Å². The molecule has 0 saturated heterocycles. The summed E-state index contributed by atoms with van der Waals surface area (Å²) in [5.74, 6) is -0.226. The SMILES string of the molecule is CNC(=O)C(C)N(Cc1cccc(Cl)c1)C(=O)CN(c1ccc(OC)c(OC)c1)S(C)(=O)=O. The molecular formula is C22H28ClN3O6S. The summed E-state index contributed by atoms with van der Waals surface area (Å²) < 4.78 is 36.6. The lowest BCUT2D eigenvalue weighted by atomic mass is 10.1. The quantitative estimate of drug-likeness (QED) is 0.540. The number of nitrogens with zero attached hydrogens (tertiary/aromatic N) is 2. The Morgan fingerprint density at radius 1 is 1.09 bits per heavy atom. The van der Waals surface area contributed by atoms with E-state index in [1.54, 1.807) is 37.3 Å². The molecule has 0 aliphatic rings. The molecule has 0 heterocycles. The molecule has 0 spiro atoms. The van der Waals surface area contributed by atoms with E-state index in [0.29, 0.717) is 22.1 Å². The molecule has 2 amide bonds. The number of amides is 2. The van der Waals surface area contributed by atoms with Gasteiger partial charge in [0, 0.05) is 24.7 Å². The van der Waals surface area contributed by atoms with Crippen molar-refractivity contribution in [3.05, 3.63) is 53.1 Å². The monoisotopic (exact) mass is 497 g/mol. The van der Waals surface area contributed by atoms with Gasteiger partial charge in [0.1, 0.15) is 12.6 Å². The van der Waals surface area contributed by atoms with Crippen molar-refractivity contribution in [2.75, 3.05) is 38.4 Å². The molecule has 0 fully saturated rings. The average Bonchev–Trinajstić information content (AvgIpc) is 2.78. The number of hydrogen-bond donors (Lipinski definition) is 1. The van der Waals surface area contributed by atoms with Crippen molar-refractivity contribution in [1.82, 2.24) is 10.2 Å². The first-order valence-corrected chi connectivity index (χ1v) is 12.2. The minimum Gasteiger partial charge on any atom is -0.493 e. The zero-order chi connectivity index (χ0) is 24.8. The molecule has 11 heteroatoms. The Morgan fingerprint density at radius 3 is 2.30 bits per heavy atom. The van der Waals surface area contributed by atoms with Crippen LogP contribution >= 0.6 is 11.6 Å². The third-order valence-corrected chi connectivity index (χ3v) is 6.37. The van der Waals surface area contributed by atoms with Crippen LogP contribution in [0, 0.1) is 0 Å². The van der Waals surface area contributed by atoms with Crippen LogP contribution in [0.3, 0.4) is 0 Å². The van der Waals surface area contributed by atoms with Crippen LogP contribution in [0.1, 0.15) is 12.5 Å². The van der Waals surface area contributed by atoms with E-state index >= 15 is 0 Å². The molecule has 0 aromatic heterocycles. The van der Waals surface area contributed by atoms with Crippen LogP contribution in [-0.4, -0.2) is 65.2 Å². The van der Waals surface area contributed by atoms with Gasteiger partial charge in [0.25, 0.3) is 0 Å². The van der Waals surface area contributed by atoms with E-state index in [2.05, 4.69) is 5.32 Å². The van der Waals surface area contributed by atoms with Gasteiger partial charge in [-0.15, -0.1) is 0 Å². The number of rotatable bonds is 10. The Labute approximate surface area is 199 Å². The van der Waals surface area contributed by atoms with Gasteiger partial charge in [-0.1, -0.05) is 23.7 Å². The first-order valence-electron chi connectivity index (χ1n) is 9.97. The number of hydrogen-bond acceptors (Lipinski definition) is 6. The fourth-order valence-electron chi connectivity index (χ4n) is 3.22. The highest BCUT2D eigenvalue weighted by atomic mass is 35.5. The summed E-state index contributed by atoms with van der Waals surface area (Å²) in [4.78, 5) is 27.0. The second-order valence-electron chi connectivity index (χ2n) is 7.25. The van der Waals surface area contributed by atoms with E-state index in [1.165, 1.54) is 38.3 Å². The van der Waals surface area contributed by atoms with Gasteiger partial charge in [-0.25, -0.2) is 8.42 Å². The fourth-order valence-corrected chi connectivity index (χ4v) is 4.27. The number of anilines is 1. The third-order valence-electron chi connectivity index (χ3n) is 4.99. The van der Waals surface area contributed by atoms with Crippen molar-refractivity contribution in [2.45, 2.75) is 19.5 Å². The summed E-state index contributed by atoms with van der Waals surface area (Å²) in [5.41, 5.74) is 0.919. The van der Waals surface area contributed by atoms with Crippen LogP contribution in [-0.2, 0) is 26.2 Å². The third kappa shape index (κ3) is 6.75. The number of methoxy groups -OCH3 is 2. The molecular weight excluding hydrogens is 470 g/mol. The van der Waals surface area contributed by atoms with E-state index in [1.807, 2.05) is 0 Å². The van der Waals surface area contributed by atoms with Crippen molar-refractivity contribution in [3.8, 4) is 11.5 Å². The highest BCUT2D eigenvalue weighted by molar-refractivity contribution is 7.92. The van der Waals surface area contributed by atoms with Crippen LogP contribution in [0.25, 0.3) is 0 Å². The molecule has 180 valence electrons. The second-order valence-corrected chi connectivity index (χ2v) is 9.59. The van der Waals surface area contributed by atoms with Gasteiger partial charge in [-0.05, 0) is 36.8 Å². The maximum Gasteiger partial charge on any atom is 0.244 e. The largest absolute Gasteiger partial charge is 0.493 e. The van der Waals surface area contributed by atoms with Crippen molar-refractivity contribution < 1.29 is 27.5 Å². The molecule has 33 heavy (non-hydrogen) atoms. The van der Waals surface area contributed by atoms with Crippen LogP contribution in [0.2, 0.25) is 5.02 Å². The Bertz CT molecular complexity index is 1110. The summed E-state index contributed by atoms with van der Waals surface area (Å²) >= 11 is 6.06. The first-order chi connectivity index (χ1) is 15.5. The van der Waals surface area contributed by atoms with Gasteiger partial charge in [0.15, 0.2) is 11.5 Å². The Morgan fingerprint density at radius 2 is 1.76 bits per heavy atom. The lowest BCUT2D eigenvalue weighted by Gasteiger charge is -2.31. The van der Waals surface area contributed by atoms with Crippen LogP contribution in [0.5, 0.6) is 11.5 Å². The smallest absolute Gasteiger partial charge is 0.244 e. The van der Waals surface area contributed by atoms with Crippen LogP contribution in [0.4, 0.5) is 5.69 Å². The molecule has 1 N–H and O–H groups in total. The van der Waals surface area contributed by atoms with Gasteiger partial charge in [0.2, 0.25) is 21.8 Å². The summed E-state index contributed by atoms with van der Waals surface area (Å²) in [5, 5.41) is 3.00. The molecule has 0 aliphatic carbocycles. The van der Waals surface area contributed by atoms with Crippen molar-refractivity contribution >= 4 is 39.1 Å². The van der Waals surface area contributed by atoms with E-state index in [0.717, 1.165) is 10.6 Å². The molecule has 2 aromatic carbocycles. The first kappa shape index (κ1) is 26.3. The van der Waals surface area contributed by atoms with E-state index in [9.17, 15) is 18.0 Å². The minimum absolute atomic E-state index is 0.0670. The number of ether oxygens (including phenoxy) is 2. The summed E-state index contributed by atoms with van der Waals surface area (Å²) in [6, 6.07) is 10.6. The number of nitrogens with one attached hydrogen (secondary N) is 1. The Hall–Kier alpha value is -2.98. The summed E-state index contributed by atoms with van der Waals surface area (Å²) in [7, 11) is 0.499. The number of benzene rings is 2. The summed E-state index contributed by atoms with van der Waals surface area (Å²) in [6.45, 7) is 1.12. The number of halogens is 1. The van der Waals surface area contributed by atoms with Gasteiger partial charge in [-0.2, -0.15) is 0 Å². The topological polar surface area (TPSA) is 105 Å². The molecule has 1 atom stereocenters. The molecule has 0 saturated carbocycles. The highest BCUT2D eigenvalue weighted by Crippen LogP contribution is 2.32. The van der Waals surface area contributed by atoms with E-state index < -0.39 is 28.5 Å².